The van der Waals surface area contributed by atoms with Gasteiger partial charge in [0.1, 0.15) is 0 Å². The molecule has 0 saturated carbocycles. The number of aromatic nitrogens is 2. The summed E-state index contributed by atoms with van der Waals surface area (Å²) in [5, 5.41) is 0. The Morgan fingerprint density at radius 2 is 2.37 bits per heavy atom. The highest BCUT2D eigenvalue weighted by molar-refractivity contribution is 6.18. The Hall–Kier alpha value is -1.07. The van der Waals surface area contributed by atoms with E-state index in [1.54, 1.807) is 12.3 Å². The fourth-order valence-electron chi connectivity index (χ4n) is 2.07. The standard InChI is InChI=1S/C13H20ClN3O2/c1-3-6-18-12-4-5-15-13(16-12)17-8-10(2)19-11(7-14)9-17/h4-5,10-11H,3,6-9H2,1-2H3. The minimum absolute atomic E-state index is 0.0224. The Balaban J connectivity index is 2.07. The zero-order valence-electron chi connectivity index (χ0n) is 11.4. The van der Waals surface area contributed by atoms with E-state index in [1.165, 1.54) is 0 Å². The molecule has 0 N–H and O–H groups in total. The fourth-order valence-corrected chi connectivity index (χ4v) is 2.24. The number of anilines is 1. The molecule has 0 amide bonds. The second-order valence-electron chi connectivity index (χ2n) is 4.67. The van der Waals surface area contributed by atoms with Gasteiger partial charge in [-0.25, -0.2) is 4.98 Å². The summed E-state index contributed by atoms with van der Waals surface area (Å²) in [5.41, 5.74) is 0. The Bertz CT molecular complexity index is 405. The van der Waals surface area contributed by atoms with E-state index in [2.05, 4.69) is 21.8 Å². The molecular weight excluding hydrogens is 266 g/mol. The molecule has 0 radical (unpaired) electrons. The van der Waals surface area contributed by atoms with Gasteiger partial charge in [0.2, 0.25) is 11.8 Å². The first kappa shape index (κ1) is 14.3. The molecule has 0 aromatic carbocycles. The smallest absolute Gasteiger partial charge is 0.228 e. The van der Waals surface area contributed by atoms with Crippen LogP contribution in [0.15, 0.2) is 12.3 Å². The van der Waals surface area contributed by atoms with E-state index in [9.17, 15) is 0 Å². The van der Waals surface area contributed by atoms with Crippen LogP contribution in [-0.4, -0.2) is 47.8 Å². The Kier molecular flexibility index (Phi) is 5.22. The highest BCUT2D eigenvalue weighted by atomic mass is 35.5. The van der Waals surface area contributed by atoms with Crippen molar-refractivity contribution in [3.05, 3.63) is 12.3 Å². The molecule has 1 aliphatic rings. The van der Waals surface area contributed by atoms with Crippen LogP contribution in [-0.2, 0) is 4.74 Å². The second-order valence-corrected chi connectivity index (χ2v) is 4.98. The molecule has 5 nitrogen and oxygen atoms in total. The first-order valence-corrected chi connectivity index (χ1v) is 7.18. The molecule has 19 heavy (non-hydrogen) atoms. The third-order valence-corrected chi connectivity index (χ3v) is 3.20. The Morgan fingerprint density at radius 1 is 1.53 bits per heavy atom. The van der Waals surface area contributed by atoms with E-state index in [0.29, 0.717) is 30.9 Å². The van der Waals surface area contributed by atoms with E-state index < -0.39 is 0 Å². The van der Waals surface area contributed by atoms with Crippen LogP contribution in [0.5, 0.6) is 5.88 Å². The highest BCUT2D eigenvalue weighted by Crippen LogP contribution is 2.19. The van der Waals surface area contributed by atoms with Gasteiger partial charge in [0, 0.05) is 25.4 Å². The summed E-state index contributed by atoms with van der Waals surface area (Å²) in [5.74, 6) is 1.78. The molecule has 6 heteroatoms. The van der Waals surface area contributed by atoms with E-state index in [0.717, 1.165) is 13.0 Å². The maximum absolute atomic E-state index is 5.88. The van der Waals surface area contributed by atoms with Crippen LogP contribution in [0.25, 0.3) is 0 Å². The van der Waals surface area contributed by atoms with Crippen molar-refractivity contribution in [3.8, 4) is 5.88 Å². The third kappa shape index (κ3) is 3.94. The number of rotatable bonds is 5. The molecule has 2 heterocycles. The van der Waals surface area contributed by atoms with Gasteiger partial charge in [0.25, 0.3) is 0 Å². The molecule has 2 atom stereocenters. The topological polar surface area (TPSA) is 47.5 Å². The molecule has 106 valence electrons. The summed E-state index contributed by atoms with van der Waals surface area (Å²) in [7, 11) is 0. The number of hydrogen-bond donors (Lipinski definition) is 0. The molecular formula is C13H20ClN3O2. The van der Waals surface area contributed by atoms with Gasteiger partial charge in [-0.15, -0.1) is 11.6 Å². The molecule has 0 aliphatic carbocycles. The van der Waals surface area contributed by atoms with E-state index in [1.807, 2.05) is 6.92 Å². The van der Waals surface area contributed by atoms with Crippen LogP contribution < -0.4 is 9.64 Å². The lowest BCUT2D eigenvalue weighted by Crippen LogP contribution is -2.48. The lowest BCUT2D eigenvalue weighted by atomic mass is 10.2. The minimum atomic E-state index is 0.0224. The van der Waals surface area contributed by atoms with Crippen LogP contribution >= 0.6 is 11.6 Å². The van der Waals surface area contributed by atoms with Crippen molar-refractivity contribution >= 4 is 17.5 Å². The number of nitrogens with zero attached hydrogens (tertiary/aromatic N) is 3. The summed E-state index contributed by atoms with van der Waals surface area (Å²) in [6.45, 7) is 6.25. The molecule has 1 aliphatic heterocycles. The Morgan fingerprint density at radius 3 is 3.11 bits per heavy atom. The molecule has 1 aromatic rings. The predicted octanol–water partition coefficient (Wildman–Crippen LogP) is 2.10. The van der Waals surface area contributed by atoms with Crippen LogP contribution in [0.4, 0.5) is 5.95 Å². The van der Waals surface area contributed by atoms with Crippen LogP contribution in [0.2, 0.25) is 0 Å². The maximum atomic E-state index is 5.88. The van der Waals surface area contributed by atoms with Crippen LogP contribution in [0.3, 0.4) is 0 Å². The maximum Gasteiger partial charge on any atom is 0.228 e. The van der Waals surface area contributed by atoms with Crippen molar-refractivity contribution in [2.45, 2.75) is 32.5 Å². The first-order valence-electron chi connectivity index (χ1n) is 6.65. The second kappa shape index (κ2) is 6.91. The van der Waals surface area contributed by atoms with Crippen molar-refractivity contribution in [1.82, 2.24) is 9.97 Å². The summed E-state index contributed by atoms with van der Waals surface area (Å²) < 4.78 is 11.3. The number of hydrogen-bond acceptors (Lipinski definition) is 5. The van der Waals surface area contributed by atoms with Gasteiger partial charge in [0.15, 0.2) is 0 Å². The fraction of sp³-hybridized carbons (Fsp3) is 0.692. The van der Waals surface area contributed by atoms with Gasteiger partial charge in [0.05, 0.1) is 24.7 Å². The van der Waals surface area contributed by atoms with Gasteiger partial charge < -0.3 is 14.4 Å². The predicted molar refractivity (Wildman–Crippen MR) is 75.1 cm³/mol. The molecule has 2 rings (SSSR count). The molecule has 0 bridgehead atoms. The lowest BCUT2D eigenvalue weighted by molar-refractivity contribution is -0.00387. The minimum Gasteiger partial charge on any atom is -0.478 e. The van der Waals surface area contributed by atoms with Crippen LogP contribution in [0, 0.1) is 0 Å². The zero-order chi connectivity index (χ0) is 13.7. The normalized spacial score (nSPS) is 23.4. The number of halogens is 1. The molecule has 1 saturated heterocycles. The van der Waals surface area contributed by atoms with E-state index in [-0.39, 0.29) is 12.2 Å². The summed E-state index contributed by atoms with van der Waals surface area (Å²) >= 11 is 5.88. The first-order chi connectivity index (χ1) is 9.22. The molecule has 1 aromatic heterocycles. The van der Waals surface area contributed by atoms with Crippen molar-refractivity contribution in [3.63, 3.8) is 0 Å². The van der Waals surface area contributed by atoms with Gasteiger partial charge in [-0.3, -0.25) is 0 Å². The largest absolute Gasteiger partial charge is 0.478 e. The molecule has 0 spiro atoms. The van der Waals surface area contributed by atoms with Crippen LogP contribution in [0.1, 0.15) is 20.3 Å². The van der Waals surface area contributed by atoms with Crippen molar-refractivity contribution in [1.29, 1.82) is 0 Å². The number of morpholine rings is 1. The highest BCUT2D eigenvalue weighted by Gasteiger charge is 2.26. The monoisotopic (exact) mass is 285 g/mol. The summed E-state index contributed by atoms with van der Waals surface area (Å²) in [6, 6.07) is 1.78. The third-order valence-electron chi connectivity index (χ3n) is 2.85. The SMILES string of the molecule is CCCOc1ccnc(N2CC(C)OC(CCl)C2)n1. The van der Waals surface area contributed by atoms with Crippen molar-refractivity contribution in [2.24, 2.45) is 0 Å². The lowest BCUT2D eigenvalue weighted by Gasteiger charge is -2.36. The average Bonchev–Trinajstić information content (AvgIpc) is 2.44. The summed E-state index contributed by atoms with van der Waals surface area (Å²) in [4.78, 5) is 10.8. The van der Waals surface area contributed by atoms with Gasteiger partial charge >= 0.3 is 0 Å². The Labute approximate surface area is 118 Å². The zero-order valence-corrected chi connectivity index (χ0v) is 12.1. The van der Waals surface area contributed by atoms with Gasteiger partial charge in [-0.05, 0) is 13.3 Å². The summed E-state index contributed by atoms with van der Waals surface area (Å²) in [6.07, 6.45) is 2.83. The van der Waals surface area contributed by atoms with E-state index >= 15 is 0 Å². The number of ether oxygens (including phenoxy) is 2. The average molecular weight is 286 g/mol. The quantitative estimate of drug-likeness (QED) is 0.776. The molecule has 2 unspecified atom stereocenters. The van der Waals surface area contributed by atoms with Crippen molar-refractivity contribution in [2.75, 3.05) is 30.5 Å². The van der Waals surface area contributed by atoms with E-state index in [4.69, 9.17) is 21.1 Å². The van der Waals surface area contributed by atoms with Gasteiger partial charge in [-0.2, -0.15) is 4.98 Å². The van der Waals surface area contributed by atoms with Gasteiger partial charge in [-0.1, -0.05) is 6.92 Å². The van der Waals surface area contributed by atoms with Crippen molar-refractivity contribution < 1.29 is 9.47 Å². The molecule has 1 fully saturated rings. The number of alkyl halides is 1.